The first-order valence-corrected chi connectivity index (χ1v) is 27.0. The van der Waals surface area contributed by atoms with Gasteiger partial charge in [0.15, 0.2) is 19.7 Å². The predicted molar refractivity (Wildman–Crippen MR) is 260 cm³/mol. The van der Waals surface area contributed by atoms with Crippen LogP contribution in [0.4, 0.5) is 16.2 Å². The molecule has 0 saturated carbocycles. The largest absolute Gasteiger partial charge is 0.494 e. The zero-order valence-electron chi connectivity index (χ0n) is 40.9. The quantitative estimate of drug-likeness (QED) is 0.242. The number of piperidine rings is 2. The molecule has 2 aromatic rings. The normalized spacial score (nSPS) is 22.9. The number of carbonyl (C=O) groups is 3. The number of sulfone groups is 2. The molecule has 6 aliphatic heterocycles. The number of hydrogen-bond donors (Lipinski definition) is 2. The average molecular weight is 961 g/mol. The van der Waals surface area contributed by atoms with E-state index in [1.165, 1.54) is 6.92 Å². The molecule has 6 heterocycles. The third-order valence-corrected chi connectivity index (χ3v) is 16.8. The highest BCUT2D eigenvalue weighted by atomic mass is 32.2. The molecular formula is C48H76N6O10S2. The molecule has 0 aromatic heterocycles. The van der Waals surface area contributed by atoms with Crippen molar-refractivity contribution in [3.63, 3.8) is 0 Å². The van der Waals surface area contributed by atoms with Crippen molar-refractivity contribution in [1.29, 1.82) is 0 Å². The van der Waals surface area contributed by atoms with Gasteiger partial charge in [-0.05, 0) is 126 Å². The molecule has 0 spiro atoms. The number of amides is 3. The van der Waals surface area contributed by atoms with Crippen LogP contribution in [-0.4, -0.2) is 150 Å². The van der Waals surface area contributed by atoms with Crippen molar-refractivity contribution < 1.29 is 45.4 Å². The van der Waals surface area contributed by atoms with Crippen molar-refractivity contribution in [2.24, 2.45) is 28.4 Å². The molecule has 370 valence electrons. The van der Waals surface area contributed by atoms with Gasteiger partial charge in [0.2, 0.25) is 11.8 Å². The van der Waals surface area contributed by atoms with E-state index in [2.05, 4.69) is 67.1 Å². The maximum absolute atomic E-state index is 13.1. The molecule has 1 unspecified atom stereocenters. The summed E-state index contributed by atoms with van der Waals surface area (Å²) in [6, 6.07) is 16.3. The Balaban J connectivity index is 0.000000251. The zero-order chi connectivity index (χ0) is 48.8. The Bertz CT molecular complexity index is 2200. The third-order valence-electron chi connectivity index (χ3n) is 13.2. The summed E-state index contributed by atoms with van der Waals surface area (Å²) in [6.07, 6.45) is 1.31. The maximum atomic E-state index is 13.1. The molecule has 66 heavy (non-hydrogen) atoms. The van der Waals surface area contributed by atoms with Gasteiger partial charge >= 0.3 is 6.09 Å². The topological polar surface area (TPSA) is 198 Å². The molecule has 6 fully saturated rings. The molecule has 4 bridgehead atoms. The number of anilines is 2. The Morgan fingerprint density at radius 2 is 1.18 bits per heavy atom. The number of nitrogens with one attached hydrogen (secondary N) is 1. The van der Waals surface area contributed by atoms with Gasteiger partial charge in [0.1, 0.15) is 28.1 Å². The Morgan fingerprint density at radius 1 is 0.727 bits per heavy atom. The van der Waals surface area contributed by atoms with Crippen LogP contribution in [0, 0.1) is 22.7 Å². The first-order chi connectivity index (χ1) is 30.8. The smallest absolute Gasteiger partial charge is 0.407 e. The Kier molecular flexibility index (Phi) is 17.0. The van der Waals surface area contributed by atoms with Gasteiger partial charge in [-0.3, -0.25) is 9.59 Å². The summed E-state index contributed by atoms with van der Waals surface area (Å²) in [5, 5.41) is 1.39. The van der Waals surface area contributed by atoms with E-state index in [0.29, 0.717) is 45.3 Å². The van der Waals surface area contributed by atoms with Crippen LogP contribution in [0.15, 0.2) is 48.5 Å². The van der Waals surface area contributed by atoms with Gasteiger partial charge in [0.25, 0.3) is 0 Å². The molecule has 16 nitrogen and oxygen atoms in total. The first-order valence-electron chi connectivity index (χ1n) is 23.4. The molecule has 6 aliphatic rings. The highest BCUT2D eigenvalue weighted by Gasteiger charge is 2.49. The van der Waals surface area contributed by atoms with Crippen LogP contribution in [-0.2, 0) is 34.0 Å². The lowest BCUT2D eigenvalue weighted by Crippen LogP contribution is -2.54. The van der Waals surface area contributed by atoms with Gasteiger partial charge < -0.3 is 44.9 Å². The molecule has 8 rings (SSSR count). The monoisotopic (exact) mass is 961 g/mol. The molecule has 5 atom stereocenters. The van der Waals surface area contributed by atoms with Crippen molar-refractivity contribution in [2.45, 2.75) is 105 Å². The fourth-order valence-corrected chi connectivity index (χ4v) is 12.4. The zero-order valence-corrected chi connectivity index (χ0v) is 42.5. The lowest BCUT2D eigenvalue weighted by molar-refractivity contribution is -0.131. The van der Waals surface area contributed by atoms with Crippen LogP contribution in [0.1, 0.15) is 82.1 Å². The lowest BCUT2D eigenvalue weighted by atomic mass is 9.73. The van der Waals surface area contributed by atoms with E-state index in [-0.39, 0.29) is 65.2 Å². The summed E-state index contributed by atoms with van der Waals surface area (Å²) >= 11 is 0. The minimum absolute atomic E-state index is 0.00983. The van der Waals surface area contributed by atoms with Crippen molar-refractivity contribution >= 4 is 49.0 Å². The van der Waals surface area contributed by atoms with E-state index >= 15 is 0 Å². The average Bonchev–Trinajstić information content (AvgIpc) is 3.64. The molecule has 2 aromatic carbocycles. The van der Waals surface area contributed by atoms with Crippen LogP contribution in [0.5, 0.6) is 11.5 Å². The second-order valence-corrected chi connectivity index (χ2v) is 25.3. The summed E-state index contributed by atoms with van der Waals surface area (Å²) in [6.45, 7) is 24.5. The van der Waals surface area contributed by atoms with Gasteiger partial charge in [-0.1, -0.05) is 27.7 Å². The number of ether oxygens (including phenoxy) is 3. The molecular weight excluding hydrogens is 885 g/mol. The van der Waals surface area contributed by atoms with Gasteiger partial charge in [0, 0.05) is 63.7 Å². The van der Waals surface area contributed by atoms with Crippen LogP contribution >= 0.6 is 0 Å². The van der Waals surface area contributed by atoms with Crippen LogP contribution < -0.4 is 30.3 Å². The maximum Gasteiger partial charge on any atom is 0.407 e. The number of hydrogen-bond acceptors (Lipinski definition) is 13. The Hall–Kier alpha value is -4.29. The van der Waals surface area contributed by atoms with E-state index in [0.717, 1.165) is 48.8 Å². The van der Waals surface area contributed by atoms with E-state index in [1.54, 1.807) is 30.6 Å². The van der Waals surface area contributed by atoms with E-state index < -0.39 is 42.4 Å². The summed E-state index contributed by atoms with van der Waals surface area (Å²) in [7, 11) is -7.22. The highest BCUT2D eigenvalue weighted by Crippen LogP contribution is 2.45. The van der Waals surface area contributed by atoms with Crippen molar-refractivity contribution in [3.05, 3.63) is 48.5 Å². The second kappa shape index (κ2) is 21.3. The van der Waals surface area contributed by atoms with Crippen molar-refractivity contribution in [1.82, 2.24) is 15.1 Å². The van der Waals surface area contributed by atoms with E-state index in [4.69, 9.17) is 19.9 Å². The number of rotatable bonds is 15. The van der Waals surface area contributed by atoms with Crippen molar-refractivity contribution in [2.75, 3.05) is 92.6 Å². The number of benzene rings is 2. The molecule has 0 aliphatic carbocycles. The fraction of sp³-hybridized carbons (Fsp3) is 0.688. The summed E-state index contributed by atoms with van der Waals surface area (Å²) in [5.74, 6) is 0.473. The number of nitrogens with zero attached hydrogens (tertiary/aromatic N) is 4. The first kappa shape index (κ1) is 52.7. The number of alkyl carbamates (subject to hydrolysis) is 1. The number of carbonyl (C=O) groups excluding carboxylic acids is 3. The van der Waals surface area contributed by atoms with Crippen LogP contribution in [0.25, 0.3) is 0 Å². The predicted octanol–water partition coefficient (Wildman–Crippen LogP) is 5.00. The lowest BCUT2D eigenvalue weighted by Gasteiger charge is -2.48. The molecule has 6 saturated heterocycles. The second-order valence-electron chi connectivity index (χ2n) is 20.7. The Labute approximate surface area is 394 Å². The van der Waals surface area contributed by atoms with Crippen molar-refractivity contribution in [3.8, 4) is 11.5 Å². The highest BCUT2D eigenvalue weighted by molar-refractivity contribution is 7.92. The molecule has 3 amide bonds. The minimum Gasteiger partial charge on any atom is -0.494 e. The molecule has 18 heteroatoms. The standard InChI is InChI=1S/C26H41N3O6S.C22H35N3O4S/c1-7-34-21-10-8-20(9-11-21)29-16-19-14-26(5,6)22(29)17-28(15-19)23(30)18-36(32,33)13-12-27-24(31)35-25(2,3)4;1-5-29-19-8-6-18(7-9-19)25-14-17-12-22(3,4)20(25)15-24(13-17)21(26)16(2)30(27,28)11-10-23/h8-11,19,22H,7,12-18H2,1-6H3,(H,27,31);6-9,16-17,20H,5,10-15,23H2,1-4H3/t19-,22-;16?,17-,20-/m11/s1. The molecule has 3 N–H and O–H groups in total. The van der Waals surface area contributed by atoms with Gasteiger partial charge in [-0.25, -0.2) is 21.6 Å². The van der Waals surface area contributed by atoms with Crippen LogP contribution in [0.3, 0.4) is 0 Å². The van der Waals surface area contributed by atoms with Crippen LogP contribution in [0.2, 0.25) is 0 Å². The summed E-state index contributed by atoms with van der Waals surface area (Å²) in [5.41, 5.74) is 6.93. The fourth-order valence-electron chi connectivity index (χ4n) is 10.2. The number of fused-ring (bicyclic) bond motifs is 8. The SMILES string of the molecule is CCOc1ccc(N2C[C@H]3CN(C(=O)C(C)S(=O)(=O)CCN)C[C@@H]2C(C)(C)C3)cc1.CCOc1ccc(N2C[C@H]3CN(C(=O)CS(=O)(=O)CCNC(=O)OC(C)(C)C)C[C@@H]2C(C)(C)C3)cc1. The number of nitrogens with two attached hydrogens (primary N) is 1. The van der Waals surface area contributed by atoms with Gasteiger partial charge in [-0.15, -0.1) is 0 Å². The Morgan fingerprint density at radius 3 is 1.62 bits per heavy atom. The third kappa shape index (κ3) is 13.7. The summed E-state index contributed by atoms with van der Waals surface area (Å²) in [4.78, 5) is 46.3. The van der Waals surface area contributed by atoms with E-state index in [1.807, 2.05) is 38.1 Å². The van der Waals surface area contributed by atoms with Gasteiger partial charge in [0.05, 0.1) is 36.8 Å². The van der Waals surface area contributed by atoms with E-state index in [9.17, 15) is 31.2 Å². The summed E-state index contributed by atoms with van der Waals surface area (Å²) < 4.78 is 66.4. The molecule has 0 radical (unpaired) electrons. The minimum atomic E-state index is -3.69. The van der Waals surface area contributed by atoms with Gasteiger partial charge in [-0.2, -0.15) is 0 Å².